The highest BCUT2D eigenvalue weighted by Gasteiger charge is 2.48. The van der Waals surface area contributed by atoms with Gasteiger partial charge in [-0.05, 0) is 68.9 Å². The Hall–Kier alpha value is -4.35. The van der Waals surface area contributed by atoms with Crippen LogP contribution in [0.4, 0.5) is 0 Å². The van der Waals surface area contributed by atoms with Crippen LogP contribution in [0.3, 0.4) is 0 Å². The number of methoxy groups -OCH3 is 2. The van der Waals surface area contributed by atoms with Crippen LogP contribution in [0.25, 0.3) is 0 Å². The summed E-state index contributed by atoms with van der Waals surface area (Å²) in [6, 6.07) is 9.05. The Bertz CT molecular complexity index is 1910. The number of ether oxygens (including phenoxy) is 4. The minimum absolute atomic E-state index is 0.0128. The highest BCUT2D eigenvalue weighted by Crippen LogP contribution is 2.43. The second kappa shape index (κ2) is 26.7. The number of hydrogen-bond acceptors (Lipinski definition) is 12. The summed E-state index contributed by atoms with van der Waals surface area (Å²) in [6.07, 6.45) is 7.11. The van der Waals surface area contributed by atoms with E-state index in [4.69, 9.17) is 18.9 Å². The smallest absolute Gasteiger partial charge is 0.253 e. The Balaban J connectivity index is 1.17. The molecule has 3 heterocycles. The molecule has 3 fully saturated rings. The third-order valence-corrected chi connectivity index (χ3v) is 15.6. The van der Waals surface area contributed by atoms with Crippen molar-refractivity contribution < 1.29 is 52.5 Å². The monoisotopic (exact) mass is 964 g/mol. The molecule has 1 aromatic carbocycles. The van der Waals surface area contributed by atoms with Crippen molar-refractivity contribution in [1.29, 1.82) is 0 Å². The fraction of sp³-hybridized carbons (Fsp3) is 0.717. The quantitative estimate of drug-likeness (QED) is 0.0844. The van der Waals surface area contributed by atoms with Crippen molar-refractivity contribution in [3.63, 3.8) is 0 Å². The first-order valence-electron chi connectivity index (χ1n) is 25.4. The second-order valence-electron chi connectivity index (χ2n) is 20.2. The number of carbonyl (C=O) groups excluding carboxylic acids is 7. The summed E-state index contributed by atoms with van der Waals surface area (Å²) in [6.45, 7) is 11.7. The molecule has 69 heavy (non-hydrogen) atoms. The molecular weight excluding hydrogens is 883 g/mol. The Morgan fingerprint density at radius 2 is 1.54 bits per heavy atom. The summed E-state index contributed by atoms with van der Waals surface area (Å²) < 4.78 is 23.3. The van der Waals surface area contributed by atoms with Crippen LogP contribution in [0, 0.1) is 35.5 Å². The molecule has 1 unspecified atom stereocenters. The number of likely N-dealkylation sites (N-methyl/N-ethyl adjacent to an activating group) is 2. The summed E-state index contributed by atoms with van der Waals surface area (Å²) >= 11 is 0. The van der Waals surface area contributed by atoms with Gasteiger partial charge in [-0.3, -0.25) is 43.4 Å². The number of nitrogens with zero attached hydrogens (tertiary/aromatic N) is 4. The Morgan fingerprint density at radius 1 is 0.855 bits per heavy atom. The van der Waals surface area contributed by atoms with Gasteiger partial charge in [0, 0.05) is 83.1 Å². The number of Topliss-reactive ketones (excluding diaryl/α,β-unsaturated/α-hetero) is 2. The minimum Gasteiger partial charge on any atom is -0.379 e. The lowest BCUT2D eigenvalue weighted by atomic mass is 9.83. The maximum Gasteiger partial charge on any atom is 0.253 e. The normalized spacial score (nSPS) is 23.3. The lowest BCUT2D eigenvalue weighted by Crippen LogP contribution is -2.54. The van der Waals surface area contributed by atoms with E-state index in [9.17, 15) is 33.6 Å². The van der Waals surface area contributed by atoms with Crippen LogP contribution in [0.15, 0.2) is 42.5 Å². The third kappa shape index (κ3) is 14.4. The van der Waals surface area contributed by atoms with E-state index in [0.29, 0.717) is 31.3 Å². The summed E-state index contributed by atoms with van der Waals surface area (Å²) in [5.41, 5.74) is 0.919. The maximum atomic E-state index is 14.5. The van der Waals surface area contributed by atoms with Crippen molar-refractivity contribution >= 4 is 41.1 Å². The van der Waals surface area contributed by atoms with Gasteiger partial charge in [-0.25, -0.2) is 0 Å². The predicted octanol–water partition coefficient (Wildman–Crippen LogP) is 4.51. The number of fused-ring (bicyclic) bond motifs is 2. The zero-order valence-electron chi connectivity index (χ0n) is 42.8. The van der Waals surface area contributed by atoms with Gasteiger partial charge in [0.25, 0.3) is 11.8 Å². The molecule has 2 saturated heterocycles. The topological polar surface area (TPSA) is 181 Å². The summed E-state index contributed by atoms with van der Waals surface area (Å²) in [4.78, 5) is 101. The van der Waals surface area contributed by atoms with E-state index in [2.05, 4.69) is 24.1 Å². The first kappa shape index (κ1) is 55.6. The highest BCUT2D eigenvalue weighted by atomic mass is 16.5. The van der Waals surface area contributed by atoms with Crippen molar-refractivity contribution in [2.45, 2.75) is 135 Å². The molecule has 4 aliphatic rings. The Morgan fingerprint density at radius 3 is 2.14 bits per heavy atom. The molecule has 1 aromatic rings. The molecule has 1 N–H and O–H groups in total. The molecule has 5 rings (SSSR count). The first-order valence-corrected chi connectivity index (χ1v) is 25.4. The second-order valence-corrected chi connectivity index (χ2v) is 20.2. The molecule has 5 amide bonds. The van der Waals surface area contributed by atoms with Crippen LogP contribution in [0.1, 0.15) is 98.0 Å². The van der Waals surface area contributed by atoms with Crippen LogP contribution in [-0.2, 0) is 58.9 Å². The Labute approximate surface area is 410 Å². The number of carbonyl (C=O) groups is 7. The van der Waals surface area contributed by atoms with Gasteiger partial charge in [-0.1, -0.05) is 71.4 Å². The van der Waals surface area contributed by atoms with Gasteiger partial charge in [-0.15, -0.1) is 0 Å². The molecule has 16 nitrogen and oxygen atoms in total. The highest BCUT2D eigenvalue weighted by molar-refractivity contribution is 6.12. The number of amides is 5. The lowest BCUT2D eigenvalue weighted by Gasteiger charge is -2.41. The summed E-state index contributed by atoms with van der Waals surface area (Å²) in [5.74, 6) is -2.75. The van der Waals surface area contributed by atoms with Gasteiger partial charge in [0.1, 0.15) is 5.78 Å². The SMILES string of the molecule is CC[C@H](C)[C@@H]([C@@H](CC(=O)N1CCC[C@H]1[C@H](OC)[C@@H](C)C(=O)C[C@@H](Cc1ccccc1)C(=O)NCCOCCOCCN1C(=O)C=CC1=O)OC)N(C)C(=O)[C@@H](CC(=O)C1[C@H]2CC[C@H](C2)N1C)C(C)C. The molecule has 1 saturated carbocycles. The van der Waals surface area contributed by atoms with E-state index >= 15 is 0 Å². The van der Waals surface area contributed by atoms with Crippen molar-refractivity contribution in [2.24, 2.45) is 35.5 Å². The lowest BCUT2D eigenvalue weighted by molar-refractivity contribution is -0.149. The average molecular weight is 964 g/mol. The van der Waals surface area contributed by atoms with E-state index in [1.54, 1.807) is 26.2 Å². The molecule has 2 bridgehead atoms. The molecule has 3 aliphatic heterocycles. The zero-order chi connectivity index (χ0) is 50.4. The molecule has 384 valence electrons. The van der Waals surface area contributed by atoms with E-state index in [1.807, 2.05) is 63.1 Å². The Kier molecular flexibility index (Phi) is 21.5. The molecule has 0 radical (unpaired) electrons. The van der Waals surface area contributed by atoms with Gasteiger partial charge in [0.15, 0.2) is 5.78 Å². The standard InChI is InChI=1S/C53H81N5O11/c1-10-35(4)49(56(7)53(65)41(34(2)3)32-44(60)50-38-18-19-40(30-38)55(50)6)45(66-8)33-48(63)57-23-14-17-42(57)51(67-9)36(5)43(59)31-39(29-37-15-12-11-13-16-37)52(64)54-22-25-68-27-28-69-26-24-58-46(61)20-21-47(58)62/h11-13,15-16,20-21,34-36,38-42,45,49-51H,10,14,17-19,22-33H2,1-9H3,(H,54,64)/t35-,36-,38-,39+,40+,41-,42-,45+,49-,50?,51+/m0/s1. The maximum absolute atomic E-state index is 14.5. The predicted molar refractivity (Wildman–Crippen MR) is 261 cm³/mol. The molecule has 1 aliphatic carbocycles. The van der Waals surface area contributed by atoms with Crippen molar-refractivity contribution in [3.8, 4) is 0 Å². The van der Waals surface area contributed by atoms with Crippen LogP contribution in [0.5, 0.6) is 0 Å². The fourth-order valence-corrected chi connectivity index (χ4v) is 11.4. The van der Waals surface area contributed by atoms with Crippen LogP contribution in [0.2, 0.25) is 0 Å². The van der Waals surface area contributed by atoms with Gasteiger partial charge in [0.2, 0.25) is 17.7 Å². The number of nitrogens with one attached hydrogen (secondary N) is 1. The number of ketones is 2. The molecule has 0 spiro atoms. The number of likely N-dealkylation sites (tertiary alicyclic amines) is 2. The fourth-order valence-electron chi connectivity index (χ4n) is 11.4. The average Bonchev–Trinajstić information content (AvgIpc) is 4.15. The number of hydrogen-bond donors (Lipinski definition) is 1. The molecule has 11 atom stereocenters. The molecular formula is C53H81N5O11. The van der Waals surface area contributed by atoms with Crippen LogP contribution >= 0.6 is 0 Å². The summed E-state index contributed by atoms with van der Waals surface area (Å²) in [5, 5.41) is 2.93. The van der Waals surface area contributed by atoms with Gasteiger partial charge in [-0.2, -0.15) is 0 Å². The number of rotatable bonds is 30. The number of piperidine rings is 1. The number of benzene rings is 1. The largest absolute Gasteiger partial charge is 0.379 e. The van der Waals surface area contributed by atoms with Crippen molar-refractivity contribution in [1.82, 2.24) is 24.9 Å². The van der Waals surface area contributed by atoms with Crippen LogP contribution in [-0.4, -0.2) is 171 Å². The molecule has 16 heteroatoms. The van der Waals surface area contributed by atoms with Crippen molar-refractivity contribution in [2.75, 3.05) is 74.4 Å². The molecule has 0 aromatic heterocycles. The summed E-state index contributed by atoms with van der Waals surface area (Å²) in [7, 11) is 6.97. The van der Waals surface area contributed by atoms with Gasteiger partial charge in [0.05, 0.1) is 69.7 Å². The van der Waals surface area contributed by atoms with E-state index in [0.717, 1.165) is 42.6 Å². The van der Waals surface area contributed by atoms with Crippen LogP contribution < -0.4 is 5.32 Å². The number of imide groups is 1. The van der Waals surface area contributed by atoms with Gasteiger partial charge < -0.3 is 34.1 Å². The first-order chi connectivity index (χ1) is 33.0. The third-order valence-electron chi connectivity index (χ3n) is 15.6. The van der Waals surface area contributed by atoms with E-state index in [1.165, 1.54) is 12.2 Å². The van der Waals surface area contributed by atoms with E-state index in [-0.39, 0.29) is 124 Å². The zero-order valence-corrected chi connectivity index (χ0v) is 42.8. The van der Waals surface area contributed by atoms with E-state index < -0.39 is 36.0 Å². The minimum atomic E-state index is -0.665. The van der Waals surface area contributed by atoms with Crippen molar-refractivity contribution in [3.05, 3.63) is 48.0 Å². The van der Waals surface area contributed by atoms with Gasteiger partial charge >= 0.3 is 0 Å².